The summed E-state index contributed by atoms with van der Waals surface area (Å²) in [7, 11) is 0. The maximum atomic E-state index is 11.2. The maximum Gasteiger partial charge on any atom is 0.338 e. The number of hydrogen-bond donors (Lipinski definition) is 2. The van der Waals surface area contributed by atoms with Gasteiger partial charge < -0.3 is 10.1 Å². The van der Waals surface area contributed by atoms with Crippen molar-refractivity contribution in [1.82, 2.24) is 15.0 Å². The number of benzene rings is 1. The molecule has 0 radical (unpaired) electrons. The first kappa shape index (κ1) is 12.1. The van der Waals surface area contributed by atoms with E-state index in [-0.39, 0.29) is 5.56 Å². The number of pyridine rings is 1. The van der Waals surface area contributed by atoms with Crippen LogP contribution < -0.4 is 0 Å². The molecule has 0 atom stereocenters. The van der Waals surface area contributed by atoms with E-state index < -0.39 is 5.97 Å². The van der Waals surface area contributed by atoms with Crippen molar-refractivity contribution in [2.24, 2.45) is 0 Å². The number of carbonyl (C=O) groups is 1. The lowest BCUT2D eigenvalue weighted by Crippen LogP contribution is -1.97. The van der Waals surface area contributed by atoms with E-state index in [4.69, 9.17) is 5.11 Å². The van der Waals surface area contributed by atoms with Gasteiger partial charge in [0.1, 0.15) is 5.82 Å². The summed E-state index contributed by atoms with van der Waals surface area (Å²) in [6.07, 6.45) is 1.45. The molecule has 0 fully saturated rings. The monoisotopic (exact) mass is 365 g/mol. The average Bonchev–Trinajstić information content (AvgIpc) is 2.82. The molecule has 0 aliphatic rings. The summed E-state index contributed by atoms with van der Waals surface area (Å²) in [4.78, 5) is 22.6. The van der Waals surface area contributed by atoms with E-state index in [1.165, 1.54) is 12.3 Å². The number of fused-ring (bicyclic) bond motifs is 1. The molecule has 6 heteroatoms. The predicted octanol–water partition coefficient (Wildman–Crippen LogP) is 2.93. The Hall–Kier alpha value is -1.96. The van der Waals surface area contributed by atoms with Gasteiger partial charge in [-0.2, -0.15) is 0 Å². The minimum Gasteiger partial charge on any atom is -0.478 e. The Morgan fingerprint density at radius 3 is 2.79 bits per heavy atom. The third kappa shape index (κ3) is 2.07. The van der Waals surface area contributed by atoms with Gasteiger partial charge in [-0.15, -0.1) is 0 Å². The van der Waals surface area contributed by atoms with E-state index in [2.05, 4.69) is 37.5 Å². The van der Waals surface area contributed by atoms with Crippen molar-refractivity contribution in [3.05, 3.63) is 45.7 Å². The van der Waals surface area contributed by atoms with Crippen LogP contribution >= 0.6 is 22.6 Å². The van der Waals surface area contributed by atoms with Gasteiger partial charge in [0.15, 0.2) is 5.65 Å². The highest BCUT2D eigenvalue weighted by molar-refractivity contribution is 14.1. The number of nitrogens with zero attached hydrogens (tertiary/aromatic N) is 2. The molecule has 2 heterocycles. The standard InChI is InChI=1S/C13H8IN3O2/c14-9-4-2-1-3-7(9)11-16-10-8(13(18)19)5-6-15-12(10)17-11/h1-6H,(H,18,19)(H,15,16,17). The molecule has 0 amide bonds. The Labute approximate surface area is 121 Å². The first-order valence-electron chi connectivity index (χ1n) is 5.50. The predicted molar refractivity (Wildman–Crippen MR) is 79.0 cm³/mol. The van der Waals surface area contributed by atoms with E-state index in [0.29, 0.717) is 17.0 Å². The topological polar surface area (TPSA) is 78.9 Å². The zero-order valence-electron chi connectivity index (χ0n) is 9.59. The summed E-state index contributed by atoms with van der Waals surface area (Å²) in [6.45, 7) is 0. The second-order valence-corrected chi connectivity index (χ2v) is 5.09. The number of carboxylic acids is 1. The highest BCUT2D eigenvalue weighted by Crippen LogP contribution is 2.25. The van der Waals surface area contributed by atoms with Crippen LogP contribution in [0, 0.1) is 3.57 Å². The number of H-pyrrole nitrogens is 1. The third-order valence-electron chi connectivity index (χ3n) is 2.75. The number of imidazole rings is 1. The van der Waals surface area contributed by atoms with Crippen molar-refractivity contribution in [3.8, 4) is 11.4 Å². The molecule has 0 bridgehead atoms. The van der Waals surface area contributed by atoms with Gasteiger partial charge in [0.2, 0.25) is 0 Å². The van der Waals surface area contributed by atoms with Crippen LogP contribution in [-0.2, 0) is 0 Å². The molecule has 0 aliphatic carbocycles. The fourth-order valence-electron chi connectivity index (χ4n) is 1.87. The van der Waals surface area contributed by atoms with Gasteiger partial charge in [-0.1, -0.05) is 18.2 Å². The number of aromatic amines is 1. The van der Waals surface area contributed by atoms with Gasteiger partial charge in [0, 0.05) is 15.3 Å². The van der Waals surface area contributed by atoms with Crippen LogP contribution in [0.2, 0.25) is 0 Å². The number of aromatic carboxylic acids is 1. The molecule has 19 heavy (non-hydrogen) atoms. The molecule has 2 aromatic heterocycles. The molecule has 94 valence electrons. The van der Waals surface area contributed by atoms with Gasteiger partial charge >= 0.3 is 5.97 Å². The average molecular weight is 365 g/mol. The first-order chi connectivity index (χ1) is 9.16. The molecule has 0 saturated carbocycles. The molecule has 3 aromatic rings. The lowest BCUT2D eigenvalue weighted by Gasteiger charge is -1.98. The molecule has 5 nitrogen and oxygen atoms in total. The fraction of sp³-hybridized carbons (Fsp3) is 0. The van der Waals surface area contributed by atoms with Crippen LogP contribution in [0.15, 0.2) is 36.5 Å². The molecule has 2 N–H and O–H groups in total. The van der Waals surface area contributed by atoms with Gasteiger partial charge in [-0.25, -0.2) is 14.8 Å². The Balaban J connectivity index is 2.26. The number of nitrogens with one attached hydrogen (secondary N) is 1. The number of hydrogen-bond acceptors (Lipinski definition) is 3. The van der Waals surface area contributed by atoms with Crippen LogP contribution in [0.25, 0.3) is 22.6 Å². The van der Waals surface area contributed by atoms with Crippen molar-refractivity contribution in [3.63, 3.8) is 0 Å². The van der Waals surface area contributed by atoms with E-state index in [0.717, 1.165) is 9.13 Å². The maximum absolute atomic E-state index is 11.2. The Kier molecular flexibility index (Phi) is 2.94. The Morgan fingerprint density at radius 2 is 2.05 bits per heavy atom. The minimum absolute atomic E-state index is 0.176. The molecule has 0 spiro atoms. The van der Waals surface area contributed by atoms with Gasteiger partial charge in [-0.05, 0) is 34.7 Å². The number of rotatable bonds is 2. The second kappa shape index (κ2) is 4.61. The molecule has 0 saturated heterocycles. The lowest BCUT2D eigenvalue weighted by atomic mass is 10.2. The molecule has 0 unspecified atom stereocenters. The van der Waals surface area contributed by atoms with Gasteiger partial charge in [-0.3, -0.25) is 0 Å². The van der Waals surface area contributed by atoms with Crippen molar-refractivity contribution >= 4 is 39.7 Å². The normalized spacial score (nSPS) is 10.8. The van der Waals surface area contributed by atoms with Crippen molar-refractivity contribution in [1.29, 1.82) is 0 Å². The van der Waals surface area contributed by atoms with E-state index in [9.17, 15) is 4.79 Å². The highest BCUT2D eigenvalue weighted by Gasteiger charge is 2.14. The molecule has 1 aromatic carbocycles. The van der Waals surface area contributed by atoms with Crippen LogP contribution in [-0.4, -0.2) is 26.0 Å². The van der Waals surface area contributed by atoms with Crippen molar-refractivity contribution < 1.29 is 9.90 Å². The number of aromatic nitrogens is 3. The first-order valence-corrected chi connectivity index (χ1v) is 6.57. The summed E-state index contributed by atoms with van der Waals surface area (Å²) in [5, 5.41) is 9.14. The summed E-state index contributed by atoms with van der Waals surface area (Å²) in [5.74, 6) is -0.369. The zero-order chi connectivity index (χ0) is 13.4. The molecule has 3 rings (SSSR count). The number of halogens is 1. The third-order valence-corrected chi connectivity index (χ3v) is 3.69. The summed E-state index contributed by atoms with van der Waals surface area (Å²) in [5.41, 5.74) is 1.96. The van der Waals surface area contributed by atoms with E-state index in [1.807, 2.05) is 24.3 Å². The van der Waals surface area contributed by atoms with Crippen LogP contribution in [0.3, 0.4) is 0 Å². The summed E-state index contributed by atoms with van der Waals surface area (Å²) >= 11 is 2.21. The lowest BCUT2D eigenvalue weighted by molar-refractivity contribution is 0.0699. The summed E-state index contributed by atoms with van der Waals surface area (Å²) < 4.78 is 1.04. The molecular weight excluding hydrogens is 357 g/mol. The highest BCUT2D eigenvalue weighted by atomic mass is 127. The van der Waals surface area contributed by atoms with Crippen LogP contribution in [0.4, 0.5) is 0 Å². The SMILES string of the molecule is O=C(O)c1ccnc2nc(-c3ccccc3I)[nH]c12. The summed E-state index contributed by atoms with van der Waals surface area (Å²) in [6, 6.07) is 9.21. The minimum atomic E-state index is -0.995. The second-order valence-electron chi connectivity index (χ2n) is 3.93. The molecule has 0 aliphatic heterocycles. The smallest absolute Gasteiger partial charge is 0.338 e. The van der Waals surface area contributed by atoms with E-state index >= 15 is 0 Å². The zero-order valence-corrected chi connectivity index (χ0v) is 11.7. The van der Waals surface area contributed by atoms with Crippen molar-refractivity contribution in [2.45, 2.75) is 0 Å². The fourth-order valence-corrected chi connectivity index (χ4v) is 2.51. The number of carboxylic acid groups (broad SMARTS) is 1. The van der Waals surface area contributed by atoms with E-state index in [1.54, 1.807) is 0 Å². The van der Waals surface area contributed by atoms with Crippen LogP contribution in [0.1, 0.15) is 10.4 Å². The van der Waals surface area contributed by atoms with Gasteiger partial charge in [0.25, 0.3) is 0 Å². The van der Waals surface area contributed by atoms with Crippen molar-refractivity contribution in [2.75, 3.05) is 0 Å². The quantitative estimate of drug-likeness (QED) is 0.685. The Morgan fingerprint density at radius 1 is 1.26 bits per heavy atom. The van der Waals surface area contributed by atoms with Crippen LogP contribution in [0.5, 0.6) is 0 Å². The molecular formula is C13H8IN3O2. The largest absolute Gasteiger partial charge is 0.478 e. The van der Waals surface area contributed by atoms with Gasteiger partial charge in [0.05, 0.1) is 11.1 Å². The Bertz CT molecular complexity index is 782.